The van der Waals surface area contributed by atoms with E-state index in [-0.39, 0.29) is 17.5 Å². The molecule has 0 fully saturated rings. The Labute approximate surface area is 172 Å². The summed E-state index contributed by atoms with van der Waals surface area (Å²) in [6, 6.07) is 13.7. The quantitative estimate of drug-likeness (QED) is 0.537. The highest BCUT2D eigenvalue weighted by molar-refractivity contribution is 8.13. The fraction of sp³-hybridized carbons (Fsp3) is 0.286. The lowest BCUT2D eigenvalue weighted by Crippen LogP contribution is -2.42. The Morgan fingerprint density at radius 2 is 1.93 bits per heavy atom. The molecule has 7 nitrogen and oxygen atoms in total. The Kier molecular flexibility index (Phi) is 5.19. The summed E-state index contributed by atoms with van der Waals surface area (Å²) in [7, 11) is 0. The molecule has 2 aliphatic heterocycles. The highest BCUT2D eigenvalue weighted by Crippen LogP contribution is 2.36. The Morgan fingerprint density at radius 3 is 2.62 bits per heavy atom. The first-order chi connectivity index (χ1) is 14.0. The van der Waals surface area contributed by atoms with Gasteiger partial charge in [0.15, 0.2) is 5.17 Å². The predicted molar refractivity (Wildman–Crippen MR) is 115 cm³/mol. The second kappa shape index (κ2) is 7.79. The third-order valence-electron chi connectivity index (χ3n) is 5.20. The molecule has 1 amide bonds. The van der Waals surface area contributed by atoms with Gasteiger partial charge >= 0.3 is 0 Å². The van der Waals surface area contributed by atoms with Crippen molar-refractivity contribution in [3.05, 3.63) is 69.8 Å². The summed E-state index contributed by atoms with van der Waals surface area (Å²) in [5, 5.41) is 11.4. The number of non-ortho nitro benzene ring substituents is 1. The van der Waals surface area contributed by atoms with Crippen LogP contribution in [0.25, 0.3) is 0 Å². The number of thioether (sulfide) groups is 1. The van der Waals surface area contributed by atoms with E-state index in [1.165, 1.54) is 23.9 Å². The fourth-order valence-electron chi connectivity index (χ4n) is 3.32. The van der Waals surface area contributed by atoms with Gasteiger partial charge in [0.1, 0.15) is 11.9 Å². The van der Waals surface area contributed by atoms with E-state index >= 15 is 0 Å². The highest BCUT2D eigenvalue weighted by atomic mass is 32.2. The van der Waals surface area contributed by atoms with Crippen molar-refractivity contribution in [3.8, 4) is 0 Å². The number of nitrogens with zero attached hydrogens (tertiary/aromatic N) is 4. The minimum atomic E-state index is -0.417. The van der Waals surface area contributed by atoms with Crippen molar-refractivity contribution in [3.63, 3.8) is 0 Å². The number of hydrogen-bond donors (Lipinski definition) is 0. The lowest BCUT2D eigenvalue weighted by molar-refractivity contribution is -0.384. The molecule has 2 aromatic rings. The van der Waals surface area contributed by atoms with Crippen molar-refractivity contribution in [2.75, 3.05) is 0 Å². The molecule has 8 heteroatoms. The molecule has 4 rings (SSSR count). The second-order valence-electron chi connectivity index (χ2n) is 7.08. The topological polar surface area (TPSA) is 88.2 Å². The second-order valence-corrected chi connectivity index (χ2v) is 8.02. The molecular weight excluding hydrogens is 388 g/mol. The zero-order valence-corrected chi connectivity index (χ0v) is 16.9. The summed E-state index contributed by atoms with van der Waals surface area (Å²) in [4.78, 5) is 34.7. The standard InChI is InChI=1S/C21H20N4O3S/c1-3-13(2)18-20(26)24-19(23-18)16-6-4-5-7-17(16)22-21(24)29-12-14-8-10-15(11-9-14)25(27)28/h4-11,13,18H,3,12H2,1-2H3. The number of para-hydroxylation sites is 1. The van der Waals surface area contributed by atoms with E-state index in [2.05, 4.69) is 6.92 Å². The fourth-order valence-corrected chi connectivity index (χ4v) is 4.28. The lowest BCUT2D eigenvalue weighted by atomic mass is 10.00. The Balaban J connectivity index is 1.63. The van der Waals surface area contributed by atoms with Crippen molar-refractivity contribution < 1.29 is 9.72 Å². The van der Waals surface area contributed by atoms with Gasteiger partial charge < -0.3 is 0 Å². The number of nitro groups is 1. The third kappa shape index (κ3) is 3.55. The maximum atomic E-state index is 13.1. The van der Waals surface area contributed by atoms with Gasteiger partial charge in [-0.15, -0.1) is 0 Å². The van der Waals surface area contributed by atoms with Gasteiger partial charge in [-0.05, 0) is 23.6 Å². The minimum absolute atomic E-state index is 0.0428. The zero-order chi connectivity index (χ0) is 20.5. The molecule has 148 valence electrons. The Bertz CT molecular complexity index is 1030. The number of fused-ring (bicyclic) bond motifs is 3. The molecule has 0 aliphatic carbocycles. The number of amidine groups is 2. The maximum Gasteiger partial charge on any atom is 0.269 e. The third-order valence-corrected chi connectivity index (χ3v) is 6.21. The van der Waals surface area contributed by atoms with Crippen LogP contribution in [0.1, 0.15) is 31.4 Å². The van der Waals surface area contributed by atoms with Crippen LogP contribution >= 0.6 is 11.8 Å². The Hall–Kier alpha value is -3.00. The molecule has 29 heavy (non-hydrogen) atoms. The molecule has 2 aliphatic rings. The van der Waals surface area contributed by atoms with Gasteiger partial charge in [0.05, 0.1) is 10.6 Å². The molecule has 2 aromatic carbocycles. The molecule has 0 N–H and O–H groups in total. The monoisotopic (exact) mass is 408 g/mol. The van der Waals surface area contributed by atoms with Crippen molar-refractivity contribution in [1.82, 2.24) is 4.90 Å². The Morgan fingerprint density at radius 1 is 1.21 bits per heavy atom. The van der Waals surface area contributed by atoms with Gasteiger partial charge in [-0.2, -0.15) is 0 Å². The van der Waals surface area contributed by atoms with E-state index in [0.29, 0.717) is 16.8 Å². The number of hydrogen-bond acceptors (Lipinski definition) is 6. The molecule has 0 saturated heterocycles. The summed E-state index contributed by atoms with van der Waals surface area (Å²) >= 11 is 1.43. The van der Waals surface area contributed by atoms with Crippen LogP contribution in [0.5, 0.6) is 0 Å². The van der Waals surface area contributed by atoms with Gasteiger partial charge in [0.25, 0.3) is 11.6 Å². The molecule has 0 saturated carbocycles. The summed E-state index contributed by atoms with van der Waals surface area (Å²) < 4.78 is 0. The maximum absolute atomic E-state index is 13.1. The van der Waals surface area contributed by atoms with Crippen molar-refractivity contribution in [2.45, 2.75) is 32.1 Å². The van der Waals surface area contributed by atoms with Crippen LogP contribution in [0.3, 0.4) is 0 Å². The van der Waals surface area contributed by atoms with E-state index in [9.17, 15) is 14.9 Å². The van der Waals surface area contributed by atoms with Crippen LogP contribution < -0.4 is 0 Å². The SMILES string of the molecule is CCC(C)C1N=C2c3ccccc3N=C(SCc3ccc([N+](=O)[O-])cc3)N2C1=O. The average Bonchev–Trinajstić information content (AvgIpc) is 3.09. The molecule has 0 radical (unpaired) electrons. The van der Waals surface area contributed by atoms with E-state index < -0.39 is 11.0 Å². The van der Waals surface area contributed by atoms with E-state index in [4.69, 9.17) is 9.98 Å². The minimum Gasteiger partial charge on any atom is -0.271 e. The smallest absolute Gasteiger partial charge is 0.269 e. The lowest BCUT2D eigenvalue weighted by Gasteiger charge is -2.26. The van der Waals surface area contributed by atoms with Crippen LogP contribution in [0, 0.1) is 16.0 Å². The van der Waals surface area contributed by atoms with Crippen LogP contribution in [0.4, 0.5) is 11.4 Å². The number of amides is 1. The molecule has 0 spiro atoms. The number of benzene rings is 2. The van der Waals surface area contributed by atoms with Crippen molar-refractivity contribution >= 4 is 40.0 Å². The van der Waals surface area contributed by atoms with Gasteiger partial charge in [-0.3, -0.25) is 19.9 Å². The molecule has 2 heterocycles. The molecule has 0 aromatic heterocycles. The molecule has 2 unspecified atom stereocenters. The van der Waals surface area contributed by atoms with Gasteiger partial charge in [-0.1, -0.05) is 56.3 Å². The molecule has 2 atom stereocenters. The highest BCUT2D eigenvalue weighted by Gasteiger charge is 2.42. The summed E-state index contributed by atoms with van der Waals surface area (Å²) in [5.74, 6) is 1.31. The van der Waals surface area contributed by atoms with E-state index in [0.717, 1.165) is 23.2 Å². The first-order valence-electron chi connectivity index (χ1n) is 9.45. The summed E-state index contributed by atoms with van der Waals surface area (Å²) in [6.45, 7) is 4.10. The number of carbonyl (C=O) groups is 1. The molecular formula is C21H20N4O3S. The molecule has 0 bridgehead atoms. The largest absolute Gasteiger partial charge is 0.271 e. The number of aliphatic imine (C=N–C) groups is 2. The van der Waals surface area contributed by atoms with Crippen LogP contribution in [0.15, 0.2) is 58.5 Å². The first kappa shape index (κ1) is 19.3. The van der Waals surface area contributed by atoms with Crippen molar-refractivity contribution in [2.24, 2.45) is 15.9 Å². The summed E-state index contributed by atoms with van der Waals surface area (Å²) in [6.07, 6.45) is 0.866. The zero-order valence-electron chi connectivity index (χ0n) is 16.1. The number of nitro benzene ring substituents is 1. The first-order valence-corrected chi connectivity index (χ1v) is 10.4. The van der Waals surface area contributed by atoms with Gasteiger partial charge in [-0.25, -0.2) is 9.89 Å². The van der Waals surface area contributed by atoms with E-state index in [1.54, 1.807) is 17.0 Å². The van der Waals surface area contributed by atoms with Gasteiger partial charge in [0, 0.05) is 23.4 Å². The number of carbonyl (C=O) groups excluding carboxylic acids is 1. The van der Waals surface area contributed by atoms with Crippen LogP contribution in [-0.2, 0) is 10.5 Å². The predicted octanol–water partition coefficient (Wildman–Crippen LogP) is 4.53. The normalized spacial score (nSPS) is 18.6. The van der Waals surface area contributed by atoms with E-state index in [1.807, 2.05) is 31.2 Å². The summed E-state index contributed by atoms with van der Waals surface area (Å²) in [5.41, 5.74) is 2.65. The average molecular weight is 408 g/mol. The van der Waals surface area contributed by atoms with Crippen molar-refractivity contribution in [1.29, 1.82) is 0 Å². The number of rotatable bonds is 5. The van der Waals surface area contributed by atoms with Crippen LogP contribution in [-0.4, -0.2) is 32.8 Å². The van der Waals surface area contributed by atoms with Crippen LogP contribution in [0.2, 0.25) is 0 Å². The van der Waals surface area contributed by atoms with Gasteiger partial charge in [0.2, 0.25) is 0 Å².